The van der Waals surface area contributed by atoms with Gasteiger partial charge in [-0.1, -0.05) is 158 Å². The maximum absolute atomic E-state index is 6.55. The van der Waals surface area contributed by atoms with Crippen molar-refractivity contribution in [3.8, 4) is 44.5 Å². The molecule has 0 aliphatic carbocycles. The van der Waals surface area contributed by atoms with E-state index in [0.29, 0.717) is 0 Å². The van der Waals surface area contributed by atoms with Gasteiger partial charge in [0.15, 0.2) is 11.4 Å². The molecule has 0 saturated heterocycles. The number of hydrogen-bond donors (Lipinski definition) is 0. The van der Waals surface area contributed by atoms with Crippen LogP contribution in [0.15, 0.2) is 199 Å². The number of rotatable bonds is 7. The molecule has 0 amide bonds. The minimum atomic E-state index is 0.743. The fourth-order valence-corrected chi connectivity index (χ4v) is 6.85. The van der Waals surface area contributed by atoms with Crippen molar-refractivity contribution in [1.29, 1.82) is 0 Å². The number of hydrogen-bond acceptors (Lipinski definition) is 3. The highest BCUT2D eigenvalue weighted by Crippen LogP contribution is 2.44. The first-order chi connectivity index (χ1) is 24.8. The Hall–Kier alpha value is -6.71. The smallest absolute Gasteiger partial charge is 0.181 e. The summed E-state index contributed by atoms with van der Waals surface area (Å²) in [6.45, 7) is 0. The highest BCUT2D eigenvalue weighted by atomic mass is 16.3. The SMILES string of the molecule is c1ccc(-c2ccc(-c3ccc(N(c4ccccc4-c4ccc(-c5ccccc5)cc4)c4nccc5c4oc4ccccc45)cc3)cc2)cc1. The molecule has 236 valence electrons. The molecule has 0 fully saturated rings. The van der Waals surface area contributed by atoms with E-state index < -0.39 is 0 Å². The van der Waals surface area contributed by atoms with Gasteiger partial charge >= 0.3 is 0 Å². The number of anilines is 3. The van der Waals surface area contributed by atoms with E-state index in [2.05, 4.69) is 163 Å². The molecule has 0 atom stereocenters. The zero-order valence-electron chi connectivity index (χ0n) is 27.3. The van der Waals surface area contributed by atoms with Crippen LogP contribution < -0.4 is 4.90 Å². The summed E-state index contributed by atoms with van der Waals surface area (Å²) in [6, 6.07) is 66.0. The molecule has 3 nitrogen and oxygen atoms in total. The summed E-state index contributed by atoms with van der Waals surface area (Å²) in [5.74, 6) is 0.743. The quantitative estimate of drug-likeness (QED) is 0.174. The van der Waals surface area contributed by atoms with Crippen LogP contribution in [0.1, 0.15) is 0 Å². The van der Waals surface area contributed by atoms with Gasteiger partial charge in [0.25, 0.3) is 0 Å². The van der Waals surface area contributed by atoms with Crippen LogP contribution in [0, 0.1) is 0 Å². The third-order valence-electron chi connectivity index (χ3n) is 9.39. The van der Waals surface area contributed by atoms with Gasteiger partial charge in [-0.2, -0.15) is 0 Å². The summed E-state index contributed by atoms with van der Waals surface area (Å²) < 4.78 is 6.55. The average molecular weight is 641 g/mol. The molecular weight excluding hydrogens is 609 g/mol. The van der Waals surface area contributed by atoms with Crippen LogP contribution in [0.4, 0.5) is 17.2 Å². The first-order valence-electron chi connectivity index (χ1n) is 16.9. The average Bonchev–Trinajstić information content (AvgIpc) is 3.59. The van der Waals surface area contributed by atoms with E-state index in [0.717, 1.165) is 55.8 Å². The molecule has 2 heterocycles. The van der Waals surface area contributed by atoms with Crippen LogP contribution in [0.5, 0.6) is 0 Å². The highest BCUT2D eigenvalue weighted by molar-refractivity contribution is 6.09. The van der Waals surface area contributed by atoms with Gasteiger partial charge in [-0.25, -0.2) is 4.98 Å². The van der Waals surface area contributed by atoms with Crippen LogP contribution in [0.25, 0.3) is 66.4 Å². The Bertz CT molecular complexity index is 2550. The number of nitrogens with zero attached hydrogens (tertiary/aromatic N) is 2. The number of benzene rings is 7. The molecule has 0 spiro atoms. The molecule has 0 unspecified atom stereocenters. The summed E-state index contributed by atoms with van der Waals surface area (Å²) in [5.41, 5.74) is 12.9. The van der Waals surface area contributed by atoms with Crippen LogP contribution in [-0.2, 0) is 0 Å². The van der Waals surface area contributed by atoms with E-state index >= 15 is 0 Å². The summed E-state index contributed by atoms with van der Waals surface area (Å²) in [5, 5.41) is 2.11. The standard InChI is InChI=1S/C47H32N2O/c1-3-11-33(12-4-1)35-19-21-37(22-20-35)38-27-29-40(30-28-38)49(47-46-43(31-32-48-47)42-16-8-10-18-45(42)50-46)44-17-9-7-15-41(44)39-25-23-36(24-26-39)34-13-5-2-6-14-34/h1-32H. The van der Waals surface area contributed by atoms with Crippen LogP contribution in [0.3, 0.4) is 0 Å². The van der Waals surface area contributed by atoms with Crippen molar-refractivity contribution >= 4 is 39.1 Å². The van der Waals surface area contributed by atoms with Gasteiger partial charge in [-0.3, -0.25) is 4.90 Å². The third kappa shape index (κ3) is 5.41. The Morgan fingerprint density at radius 1 is 0.380 bits per heavy atom. The zero-order valence-corrected chi connectivity index (χ0v) is 27.3. The van der Waals surface area contributed by atoms with E-state index in [1.54, 1.807) is 0 Å². The van der Waals surface area contributed by atoms with Gasteiger partial charge in [-0.05, 0) is 69.3 Å². The fourth-order valence-electron chi connectivity index (χ4n) is 6.85. The summed E-state index contributed by atoms with van der Waals surface area (Å²) >= 11 is 0. The number of para-hydroxylation sites is 2. The zero-order chi connectivity index (χ0) is 33.3. The third-order valence-corrected chi connectivity index (χ3v) is 9.39. The lowest BCUT2D eigenvalue weighted by Crippen LogP contribution is -2.13. The summed E-state index contributed by atoms with van der Waals surface area (Å²) in [4.78, 5) is 7.22. The minimum Gasteiger partial charge on any atom is -0.452 e. The first-order valence-corrected chi connectivity index (χ1v) is 16.9. The highest BCUT2D eigenvalue weighted by Gasteiger charge is 2.23. The van der Waals surface area contributed by atoms with E-state index in [9.17, 15) is 0 Å². The van der Waals surface area contributed by atoms with E-state index in [1.165, 1.54) is 27.8 Å². The Morgan fingerprint density at radius 3 is 1.48 bits per heavy atom. The molecule has 0 radical (unpaired) electrons. The van der Waals surface area contributed by atoms with Gasteiger partial charge in [0.2, 0.25) is 0 Å². The molecule has 0 bridgehead atoms. The molecule has 0 N–H and O–H groups in total. The predicted octanol–water partition coefficient (Wildman–Crippen LogP) is 13.1. The van der Waals surface area contributed by atoms with Crippen molar-refractivity contribution < 1.29 is 4.42 Å². The second-order valence-corrected chi connectivity index (χ2v) is 12.4. The summed E-state index contributed by atoms with van der Waals surface area (Å²) in [6.07, 6.45) is 1.88. The monoisotopic (exact) mass is 640 g/mol. The Kier molecular flexibility index (Phi) is 7.49. The van der Waals surface area contributed by atoms with Gasteiger partial charge in [0, 0.05) is 28.2 Å². The lowest BCUT2D eigenvalue weighted by Gasteiger charge is -2.27. The molecule has 7 aromatic carbocycles. The molecule has 50 heavy (non-hydrogen) atoms. The van der Waals surface area contributed by atoms with Crippen LogP contribution in [-0.4, -0.2) is 4.98 Å². The Labute approximate surface area is 291 Å². The molecule has 9 rings (SSSR count). The second kappa shape index (κ2) is 12.7. The maximum atomic E-state index is 6.55. The summed E-state index contributed by atoms with van der Waals surface area (Å²) in [7, 11) is 0. The predicted molar refractivity (Wildman–Crippen MR) is 208 cm³/mol. The number of aromatic nitrogens is 1. The van der Waals surface area contributed by atoms with Crippen molar-refractivity contribution in [2.45, 2.75) is 0 Å². The van der Waals surface area contributed by atoms with Crippen molar-refractivity contribution in [1.82, 2.24) is 4.98 Å². The second-order valence-electron chi connectivity index (χ2n) is 12.4. The van der Waals surface area contributed by atoms with Crippen LogP contribution in [0.2, 0.25) is 0 Å². The van der Waals surface area contributed by atoms with Crippen LogP contribution >= 0.6 is 0 Å². The molecule has 3 heteroatoms. The number of fused-ring (bicyclic) bond motifs is 3. The lowest BCUT2D eigenvalue weighted by atomic mass is 9.98. The topological polar surface area (TPSA) is 29.3 Å². The minimum absolute atomic E-state index is 0.743. The maximum Gasteiger partial charge on any atom is 0.181 e. The molecule has 0 saturated carbocycles. The number of pyridine rings is 1. The first kappa shape index (κ1) is 29.4. The molecular formula is C47H32N2O. The van der Waals surface area contributed by atoms with Gasteiger partial charge in [0.05, 0.1) is 5.69 Å². The normalized spacial score (nSPS) is 11.2. The van der Waals surface area contributed by atoms with Gasteiger partial charge in [0.1, 0.15) is 5.58 Å². The molecule has 2 aromatic heterocycles. The molecule has 9 aromatic rings. The fraction of sp³-hybridized carbons (Fsp3) is 0. The largest absolute Gasteiger partial charge is 0.452 e. The lowest BCUT2D eigenvalue weighted by molar-refractivity contribution is 0.667. The van der Waals surface area contributed by atoms with E-state index in [4.69, 9.17) is 9.40 Å². The van der Waals surface area contributed by atoms with Crippen molar-refractivity contribution in [3.05, 3.63) is 194 Å². The van der Waals surface area contributed by atoms with Gasteiger partial charge in [-0.15, -0.1) is 0 Å². The van der Waals surface area contributed by atoms with Crippen molar-refractivity contribution in [2.24, 2.45) is 0 Å². The Morgan fingerprint density at radius 2 is 0.860 bits per heavy atom. The van der Waals surface area contributed by atoms with E-state index in [1.807, 2.05) is 36.5 Å². The van der Waals surface area contributed by atoms with E-state index in [-0.39, 0.29) is 0 Å². The van der Waals surface area contributed by atoms with Gasteiger partial charge < -0.3 is 4.42 Å². The number of furan rings is 1. The molecule has 0 aliphatic heterocycles. The van der Waals surface area contributed by atoms with Crippen molar-refractivity contribution in [3.63, 3.8) is 0 Å². The van der Waals surface area contributed by atoms with Crippen molar-refractivity contribution in [2.75, 3.05) is 4.90 Å². The Balaban J connectivity index is 1.16. The molecule has 0 aliphatic rings.